The van der Waals surface area contributed by atoms with E-state index in [1.165, 1.54) is 0 Å². The zero-order chi connectivity index (χ0) is 23.9. The van der Waals surface area contributed by atoms with Crippen molar-refractivity contribution in [2.24, 2.45) is 0 Å². The Morgan fingerprint density at radius 2 is 1.38 bits per heavy atom. The van der Waals surface area contributed by atoms with Crippen LogP contribution in [0.5, 0.6) is 0 Å². The first-order chi connectivity index (χ1) is 16.5. The maximum Gasteiger partial charge on any atom is 0.258 e. The van der Waals surface area contributed by atoms with Crippen molar-refractivity contribution in [1.29, 1.82) is 0 Å². The van der Waals surface area contributed by atoms with Gasteiger partial charge in [0.25, 0.3) is 5.91 Å². The minimum atomic E-state index is -0.0738. The van der Waals surface area contributed by atoms with E-state index in [1.54, 1.807) is 4.90 Å². The van der Waals surface area contributed by atoms with Gasteiger partial charge in [0.1, 0.15) is 0 Å². The molecule has 0 heterocycles. The lowest BCUT2D eigenvalue weighted by molar-refractivity contribution is -0.115. The lowest BCUT2D eigenvalue weighted by Crippen LogP contribution is -2.30. The molecular formula is C30H28N2O2. The number of carbonyl (C=O) groups excluding carboxylic acids is 2. The number of hydrogen-bond donors (Lipinski definition) is 1. The molecule has 0 radical (unpaired) electrons. The van der Waals surface area contributed by atoms with Gasteiger partial charge in [-0.25, -0.2) is 0 Å². The van der Waals surface area contributed by atoms with Gasteiger partial charge < -0.3 is 10.2 Å². The average molecular weight is 449 g/mol. The van der Waals surface area contributed by atoms with E-state index in [-0.39, 0.29) is 18.2 Å². The van der Waals surface area contributed by atoms with Crippen molar-refractivity contribution < 1.29 is 9.59 Å². The zero-order valence-electron chi connectivity index (χ0n) is 19.5. The maximum absolute atomic E-state index is 13.4. The van der Waals surface area contributed by atoms with E-state index in [2.05, 4.69) is 11.4 Å². The first-order valence-corrected chi connectivity index (χ1v) is 11.4. The Hall–Kier alpha value is -4.18. The lowest BCUT2D eigenvalue weighted by atomic mass is 10.1. The van der Waals surface area contributed by atoms with Crippen LogP contribution in [0.1, 0.15) is 32.6 Å². The molecule has 0 aliphatic carbocycles. The molecular weight excluding hydrogens is 420 g/mol. The van der Waals surface area contributed by atoms with Crippen molar-refractivity contribution in [2.75, 3.05) is 10.2 Å². The van der Waals surface area contributed by atoms with E-state index in [4.69, 9.17) is 0 Å². The molecule has 0 spiro atoms. The number of benzene rings is 4. The number of aryl methyl sites for hydroxylation is 2. The Labute approximate surface area is 200 Å². The molecule has 0 atom stereocenters. The minimum absolute atomic E-state index is 0.0629. The van der Waals surface area contributed by atoms with E-state index in [1.807, 2.05) is 111 Å². The second-order valence-corrected chi connectivity index (χ2v) is 8.51. The fraction of sp³-hybridized carbons (Fsp3) is 0.133. The molecule has 170 valence electrons. The first kappa shape index (κ1) is 23.0. The second kappa shape index (κ2) is 10.6. The zero-order valence-corrected chi connectivity index (χ0v) is 19.5. The summed E-state index contributed by atoms with van der Waals surface area (Å²) in [6.07, 6.45) is 0.263. The number of nitrogens with zero attached hydrogens (tertiary/aromatic N) is 1. The molecule has 0 fully saturated rings. The van der Waals surface area contributed by atoms with Crippen molar-refractivity contribution in [3.8, 4) is 0 Å². The Morgan fingerprint density at radius 1 is 0.706 bits per heavy atom. The molecule has 1 N–H and O–H groups in total. The summed E-state index contributed by atoms with van der Waals surface area (Å²) in [5.41, 5.74) is 6.41. The predicted octanol–water partition coefficient (Wildman–Crippen LogP) is 6.33. The van der Waals surface area contributed by atoms with Crippen LogP contribution in [-0.4, -0.2) is 11.8 Å². The van der Waals surface area contributed by atoms with Gasteiger partial charge in [-0.05, 0) is 66.9 Å². The molecule has 4 heteroatoms. The summed E-state index contributed by atoms with van der Waals surface area (Å²) in [4.78, 5) is 27.7. The number of amides is 2. The van der Waals surface area contributed by atoms with Gasteiger partial charge in [-0.3, -0.25) is 9.59 Å². The topological polar surface area (TPSA) is 49.4 Å². The van der Waals surface area contributed by atoms with Gasteiger partial charge in [0.05, 0.1) is 13.0 Å². The van der Waals surface area contributed by atoms with Gasteiger partial charge in [-0.1, -0.05) is 72.3 Å². The smallest absolute Gasteiger partial charge is 0.258 e. The normalized spacial score (nSPS) is 10.5. The van der Waals surface area contributed by atoms with E-state index in [0.29, 0.717) is 12.1 Å². The highest BCUT2D eigenvalue weighted by Crippen LogP contribution is 2.22. The Morgan fingerprint density at radius 3 is 2.06 bits per heavy atom. The van der Waals surface area contributed by atoms with Crippen LogP contribution in [0.4, 0.5) is 11.4 Å². The van der Waals surface area contributed by atoms with Crippen LogP contribution in [0.2, 0.25) is 0 Å². The third kappa shape index (κ3) is 5.99. The van der Waals surface area contributed by atoms with Gasteiger partial charge in [-0.2, -0.15) is 0 Å². The van der Waals surface area contributed by atoms with Crippen molar-refractivity contribution >= 4 is 23.2 Å². The molecule has 0 bridgehead atoms. The van der Waals surface area contributed by atoms with E-state index >= 15 is 0 Å². The summed E-state index contributed by atoms with van der Waals surface area (Å²) in [5, 5.41) is 2.94. The molecule has 4 aromatic rings. The van der Waals surface area contributed by atoms with Crippen LogP contribution < -0.4 is 10.2 Å². The summed E-state index contributed by atoms with van der Waals surface area (Å²) in [6, 6.07) is 32.8. The average Bonchev–Trinajstić information content (AvgIpc) is 2.83. The first-order valence-electron chi connectivity index (χ1n) is 11.4. The van der Waals surface area contributed by atoms with Gasteiger partial charge in [0.15, 0.2) is 0 Å². The summed E-state index contributed by atoms with van der Waals surface area (Å²) in [6.45, 7) is 4.50. The van der Waals surface area contributed by atoms with Crippen LogP contribution in [0.3, 0.4) is 0 Å². The Balaban J connectivity index is 1.53. The molecule has 2 amide bonds. The quantitative estimate of drug-likeness (QED) is 0.359. The largest absolute Gasteiger partial charge is 0.326 e. The number of rotatable bonds is 7. The van der Waals surface area contributed by atoms with Crippen LogP contribution >= 0.6 is 0 Å². The standard InChI is InChI=1S/C30H28N2O2/c1-22-8-6-10-25(18-22)21-32(30(34)26-11-4-3-5-12-26)28-16-14-24(15-17-28)20-29(33)31-27-13-7-9-23(2)19-27/h3-19H,20-21H2,1-2H3,(H,31,33). The molecule has 0 saturated heterocycles. The third-order valence-electron chi connectivity index (χ3n) is 5.60. The molecule has 4 rings (SSSR count). The number of nitrogens with one attached hydrogen (secondary N) is 1. The van der Waals surface area contributed by atoms with Gasteiger partial charge in [-0.15, -0.1) is 0 Å². The highest BCUT2D eigenvalue weighted by atomic mass is 16.2. The van der Waals surface area contributed by atoms with Gasteiger partial charge in [0, 0.05) is 16.9 Å². The van der Waals surface area contributed by atoms with Crippen LogP contribution in [0, 0.1) is 13.8 Å². The summed E-state index contributed by atoms with van der Waals surface area (Å²) in [5.74, 6) is -0.137. The predicted molar refractivity (Wildman–Crippen MR) is 138 cm³/mol. The monoisotopic (exact) mass is 448 g/mol. The molecule has 0 unspecified atom stereocenters. The number of hydrogen-bond acceptors (Lipinski definition) is 2. The highest BCUT2D eigenvalue weighted by molar-refractivity contribution is 6.06. The number of anilines is 2. The van der Waals surface area contributed by atoms with Crippen molar-refractivity contribution in [3.63, 3.8) is 0 Å². The molecule has 0 saturated carbocycles. The molecule has 34 heavy (non-hydrogen) atoms. The Bertz CT molecular complexity index is 1280. The Kier molecular flexibility index (Phi) is 7.19. The molecule has 0 aliphatic heterocycles. The fourth-order valence-electron chi connectivity index (χ4n) is 3.92. The molecule has 4 aromatic carbocycles. The maximum atomic E-state index is 13.4. The van der Waals surface area contributed by atoms with E-state index in [9.17, 15) is 9.59 Å². The van der Waals surface area contributed by atoms with E-state index < -0.39 is 0 Å². The van der Waals surface area contributed by atoms with Gasteiger partial charge in [0.2, 0.25) is 5.91 Å². The number of carbonyl (C=O) groups is 2. The summed E-state index contributed by atoms with van der Waals surface area (Å²) in [7, 11) is 0. The third-order valence-corrected chi connectivity index (χ3v) is 5.60. The summed E-state index contributed by atoms with van der Waals surface area (Å²) >= 11 is 0. The highest BCUT2D eigenvalue weighted by Gasteiger charge is 2.18. The molecule has 0 aliphatic rings. The summed E-state index contributed by atoms with van der Waals surface area (Å²) < 4.78 is 0. The van der Waals surface area contributed by atoms with Crippen LogP contribution in [0.25, 0.3) is 0 Å². The van der Waals surface area contributed by atoms with Crippen LogP contribution in [-0.2, 0) is 17.8 Å². The molecule has 0 aromatic heterocycles. The fourth-order valence-corrected chi connectivity index (χ4v) is 3.92. The second-order valence-electron chi connectivity index (χ2n) is 8.51. The lowest BCUT2D eigenvalue weighted by Gasteiger charge is -2.24. The SMILES string of the molecule is Cc1cccc(CN(C(=O)c2ccccc2)c2ccc(CC(=O)Nc3cccc(C)c3)cc2)c1. The van der Waals surface area contributed by atoms with Crippen molar-refractivity contribution in [1.82, 2.24) is 0 Å². The van der Waals surface area contributed by atoms with Crippen molar-refractivity contribution in [2.45, 2.75) is 26.8 Å². The van der Waals surface area contributed by atoms with Crippen molar-refractivity contribution in [3.05, 3.63) is 131 Å². The molecule has 4 nitrogen and oxygen atoms in total. The van der Waals surface area contributed by atoms with E-state index in [0.717, 1.165) is 33.6 Å². The van der Waals surface area contributed by atoms with Gasteiger partial charge >= 0.3 is 0 Å². The minimum Gasteiger partial charge on any atom is -0.326 e. The van der Waals surface area contributed by atoms with Crippen LogP contribution in [0.15, 0.2) is 103 Å².